The maximum Gasteiger partial charge on any atom is 0.196 e. The quantitative estimate of drug-likeness (QED) is 0.383. The van der Waals surface area contributed by atoms with Crippen LogP contribution in [0.3, 0.4) is 0 Å². The van der Waals surface area contributed by atoms with Gasteiger partial charge in [-0.25, -0.2) is 4.98 Å². The number of benzene rings is 2. The highest BCUT2D eigenvalue weighted by atomic mass is 32.2. The van der Waals surface area contributed by atoms with Gasteiger partial charge in [0.15, 0.2) is 5.16 Å². The first kappa shape index (κ1) is 19.6. The van der Waals surface area contributed by atoms with Crippen LogP contribution in [-0.2, 0) is 26.4 Å². The van der Waals surface area contributed by atoms with E-state index in [9.17, 15) is 0 Å². The summed E-state index contributed by atoms with van der Waals surface area (Å²) in [6.45, 7) is 0.858. The largest absolute Gasteiger partial charge is 0.361 e. The van der Waals surface area contributed by atoms with E-state index >= 15 is 0 Å². The van der Waals surface area contributed by atoms with Gasteiger partial charge in [-0.3, -0.25) is 0 Å². The Balaban J connectivity index is 1.40. The molecule has 31 heavy (non-hydrogen) atoms. The smallest absolute Gasteiger partial charge is 0.196 e. The van der Waals surface area contributed by atoms with Crippen LogP contribution in [0.15, 0.2) is 83.4 Å². The predicted octanol–water partition coefficient (Wildman–Crippen LogP) is 4.87. The highest BCUT2D eigenvalue weighted by Crippen LogP contribution is 2.28. The minimum atomic E-state index is 0.746. The summed E-state index contributed by atoms with van der Waals surface area (Å²) in [4.78, 5) is 8.99. The monoisotopic (exact) mass is 428 g/mol. The number of H-pyrrole nitrogens is 1. The number of fused-ring (bicyclic) bond motifs is 1. The Bertz CT molecular complexity index is 1280. The zero-order valence-corrected chi connectivity index (χ0v) is 18.2. The number of aryl methyl sites for hydroxylation is 2. The van der Waals surface area contributed by atoms with Crippen LogP contribution in [-0.4, -0.2) is 29.3 Å². The summed E-state index contributed by atoms with van der Waals surface area (Å²) in [6.07, 6.45) is 8.68. The third kappa shape index (κ3) is 4.41. The Kier molecular flexibility index (Phi) is 5.58. The van der Waals surface area contributed by atoms with Gasteiger partial charge in [-0.05, 0) is 48.4 Å². The zero-order chi connectivity index (χ0) is 21.0. The van der Waals surface area contributed by atoms with Gasteiger partial charge in [-0.15, -0.1) is 10.2 Å². The van der Waals surface area contributed by atoms with E-state index in [4.69, 9.17) is 0 Å². The number of aromatic nitrogens is 6. The molecule has 0 bridgehead atoms. The van der Waals surface area contributed by atoms with Crippen LogP contribution in [0, 0.1) is 0 Å². The molecular weight excluding hydrogens is 404 g/mol. The molecule has 0 spiro atoms. The molecule has 0 atom stereocenters. The topological polar surface area (TPSA) is 64.3 Å². The van der Waals surface area contributed by atoms with Crippen molar-refractivity contribution in [1.82, 2.24) is 29.3 Å². The van der Waals surface area contributed by atoms with Gasteiger partial charge in [0.2, 0.25) is 0 Å². The van der Waals surface area contributed by atoms with Crippen LogP contribution in [0.1, 0.15) is 23.5 Å². The van der Waals surface area contributed by atoms with Crippen LogP contribution in [0.2, 0.25) is 0 Å². The van der Waals surface area contributed by atoms with E-state index in [2.05, 4.69) is 85.7 Å². The fourth-order valence-electron chi connectivity index (χ4n) is 3.81. The molecule has 156 valence electrons. The van der Waals surface area contributed by atoms with Gasteiger partial charge < -0.3 is 14.1 Å². The molecule has 0 fully saturated rings. The van der Waals surface area contributed by atoms with Crippen molar-refractivity contribution in [3.05, 3.63) is 90.4 Å². The van der Waals surface area contributed by atoms with Crippen molar-refractivity contribution >= 4 is 22.7 Å². The van der Waals surface area contributed by atoms with E-state index in [0.29, 0.717) is 0 Å². The number of hydrogen-bond acceptors (Lipinski definition) is 4. The molecule has 3 heterocycles. The number of aromatic amines is 1. The van der Waals surface area contributed by atoms with E-state index in [1.54, 1.807) is 11.8 Å². The van der Waals surface area contributed by atoms with Gasteiger partial charge in [0.05, 0.1) is 12.0 Å². The second-order valence-electron chi connectivity index (χ2n) is 7.64. The van der Waals surface area contributed by atoms with Crippen LogP contribution in [0.5, 0.6) is 0 Å². The molecule has 0 aliphatic heterocycles. The molecule has 0 radical (unpaired) electrons. The van der Waals surface area contributed by atoms with E-state index in [-0.39, 0.29) is 0 Å². The minimum Gasteiger partial charge on any atom is -0.361 e. The molecule has 2 aromatic carbocycles. The predicted molar refractivity (Wildman–Crippen MR) is 123 cm³/mol. The summed E-state index contributed by atoms with van der Waals surface area (Å²) in [5.41, 5.74) is 3.51. The standard InChI is InChI=1S/C24H24N6S/c1-29-16-19(26-17-29)8-7-13-30-23(14-18-15-25-22-12-6-5-11-21(18)22)27-28-24(30)31-20-9-3-2-4-10-20/h2-6,9-12,15-17,25H,7-8,13-14H2,1H3. The van der Waals surface area contributed by atoms with Gasteiger partial charge in [-0.2, -0.15) is 0 Å². The maximum absolute atomic E-state index is 4.58. The van der Waals surface area contributed by atoms with Crippen LogP contribution in [0.4, 0.5) is 0 Å². The molecule has 3 aromatic heterocycles. The molecule has 5 rings (SSSR count). The van der Waals surface area contributed by atoms with E-state index < -0.39 is 0 Å². The molecule has 5 aromatic rings. The highest BCUT2D eigenvalue weighted by Gasteiger charge is 2.16. The lowest BCUT2D eigenvalue weighted by molar-refractivity contribution is 0.572. The van der Waals surface area contributed by atoms with Crippen molar-refractivity contribution in [2.24, 2.45) is 7.05 Å². The average molecular weight is 429 g/mol. The van der Waals surface area contributed by atoms with Crippen LogP contribution < -0.4 is 0 Å². The maximum atomic E-state index is 4.58. The number of rotatable bonds is 8. The lowest BCUT2D eigenvalue weighted by Crippen LogP contribution is -2.07. The van der Waals surface area contributed by atoms with Crippen molar-refractivity contribution in [3.63, 3.8) is 0 Å². The van der Waals surface area contributed by atoms with Crippen LogP contribution >= 0.6 is 11.8 Å². The molecule has 0 aliphatic carbocycles. The van der Waals surface area contributed by atoms with Gasteiger partial charge in [-0.1, -0.05) is 36.4 Å². The fourth-order valence-corrected chi connectivity index (χ4v) is 4.70. The summed E-state index contributed by atoms with van der Waals surface area (Å²) >= 11 is 1.66. The van der Waals surface area contributed by atoms with Crippen molar-refractivity contribution in [2.75, 3.05) is 0 Å². The third-order valence-electron chi connectivity index (χ3n) is 5.34. The highest BCUT2D eigenvalue weighted by molar-refractivity contribution is 7.99. The summed E-state index contributed by atoms with van der Waals surface area (Å²) in [5.74, 6) is 0.990. The number of para-hydroxylation sites is 1. The molecule has 6 nitrogen and oxygen atoms in total. The van der Waals surface area contributed by atoms with Crippen LogP contribution in [0.25, 0.3) is 10.9 Å². The lowest BCUT2D eigenvalue weighted by atomic mass is 10.1. The first-order chi connectivity index (χ1) is 15.3. The third-order valence-corrected chi connectivity index (χ3v) is 6.33. The minimum absolute atomic E-state index is 0.746. The molecule has 1 N–H and O–H groups in total. The zero-order valence-electron chi connectivity index (χ0n) is 17.4. The summed E-state index contributed by atoms with van der Waals surface area (Å²) in [5, 5.41) is 11.3. The second kappa shape index (κ2) is 8.81. The number of nitrogens with one attached hydrogen (secondary N) is 1. The molecule has 0 unspecified atom stereocenters. The van der Waals surface area contributed by atoms with E-state index in [0.717, 1.165) is 48.0 Å². The normalized spacial score (nSPS) is 11.4. The molecule has 7 heteroatoms. The van der Waals surface area contributed by atoms with Crippen molar-refractivity contribution in [1.29, 1.82) is 0 Å². The molecular formula is C24H24N6S. The van der Waals surface area contributed by atoms with Gasteiger partial charge >= 0.3 is 0 Å². The van der Waals surface area contributed by atoms with Gasteiger partial charge in [0.1, 0.15) is 5.82 Å². The Morgan fingerprint density at radius 2 is 1.84 bits per heavy atom. The summed E-state index contributed by atoms with van der Waals surface area (Å²) in [7, 11) is 2.00. The number of hydrogen-bond donors (Lipinski definition) is 1. The van der Waals surface area contributed by atoms with Crippen molar-refractivity contribution in [3.8, 4) is 0 Å². The number of imidazole rings is 1. The Labute approximate surface area is 185 Å². The first-order valence-electron chi connectivity index (χ1n) is 10.4. The summed E-state index contributed by atoms with van der Waals surface area (Å²) < 4.78 is 4.26. The van der Waals surface area contributed by atoms with Gasteiger partial charge in [0.25, 0.3) is 0 Å². The average Bonchev–Trinajstić information content (AvgIpc) is 3.50. The Morgan fingerprint density at radius 1 is 1.00 bits per heavy atom. The number of nitrogens with zero attached hydrogens (tertiary/aromatic N) is 5. The summed E-state index contributed by atoms with van der Waals surface area (Å²) in [6, 6.07) is 18.7. The van der Waals surface area contributed by atoms with Crippen molar-refractivity contribution in [2.45, 2.75) is 35.9 Å². The van der Waals surface area contributed by atoms with E-state index in [1.807, 2.05) is 24.0 Å². The second-order valence-corrected chi connectivity index (χ2v) is 8.68. The molecule has 0 amide bonds. The Hall–Kier alpha value is -3.32. The van der Waals surface area contributed by atoms with E-state index in [1.165, 1.54) is 15.8 Å². The fraction of sp³-hybridized carbons (Fsp3) is 0.208. The Morgan fingerprint density at radius 3 is 2.68 bits per heavy atom. The lowest BCUT2D eigenvalue weighted by Gasteiger charge is -2.10. The van der Waals surface area contributed by atoms with Crippen molar-refractivity contribution < 1.29 is 0 Å². The SMILES string of the molecule is Cn1cnc(CCCn2c(Cc3c[nH]c4ccccc34)nnc2Sc2ccccc2)c1. The molecule has 0 saturated carbocycles. The van der Waals surface area contributed by atoms with Gasteiger partial charge in [0, 0.05) is 48.2 Å². The molecule has 0 aliphatic rings. The first-order valence-corrected chi connectivity index (χ1v) is 11.2. The molecule has 0 saturated heterocycles.